The molecule has 5 rings (SSSR count). The maximum Gasteiger partial charge on any atom is 0.225 e. The molecule has 2 N–H and O–H groups in total. The summed E-state index contributed by atoms with van der Waals surface area (Å²) < 4.78 is 12.0. The molecule has 0 radical (unpaired) electrons. The van der Waals surface area contributed by atoms with Crippen LogP contribution in [0.3, 0.4) is 0 Å². The van der Waals surface area contributed by atoms with Gasteiger partial charge in [-0.05, 0) is 83.6 Å². The second-order valence-electron chi connectivity index (χ2n) is 10.8. The predicted octanol–water partition coefficient (Wildman–Crippen LogP) is 7.17. The van der Waals surface area contributed by atoms with E-state index in [1.165, 1.54) is 25.7 Å². The molecule has 0 saturated heterocycles. The number of nitrogens with zero attached hydrogens (tertiary/aromatic N) is 3. The monoisotopic (exact) mass is 513 g/mol. The van der Waals surface area contributed by atoms with Gasteiger partial charge in [-0.3, -0.25) is 0 Å². The third-order valence-corrected chi connectivity index (χ3v) is 7.72. The molecule has 3 heterocycles. The molecule has 36 heavy (non-hydrogen) atoms. The first-order valence-electron chi connectivity index (χ1n) is 13.3. The lowest BCUT2D eigenvalue weighted by Crippen LogP contribution is -2.22. The second-order valence-corrected chi connectivity index (χ2v) is 10.8. The van der Waals surface area contributed by atoms with Gasteiger partial charge in [0.15, 0.2) is 5.58 Å². The van der Waals surface area contributed by atoms with Crippen molar-refractivity contribution in [1.82, 2.24) is 15.0 Å². The van der Waals surface area contributed by atoms with Crippen LogP contribution in [0.2, 0.25) is 0 Å². The maximum atomic E-state index is 6.37. The van der Waals surface area contributed by atoms with E-state index in [2.05, 4.69) is 42.5 Å². The Kier molecular flexibility index (Phi) is 7.98. The molecular formula is C28H40ClN5O2. The summed E-state index contributed by atoms with van der Waals surface area (Å²) in [5.41, 5.74) is 3.42. The molecule has 2 fully saturated rings. The number of fused-ring (bicyclic) bond motifs is 1. The molecule has 196 valence electrons. The Labute approximate surface area is 220 Å². The number of aryl methyl sites for hydroxylation is 2. The fourth-order valence-electron chi connectivity index (χ4n) is 5.42. The number of ether oxygens (including phenoxy) is 1. The van der Waals surface area contributed by atoms with Gasteiger partial charge in [0.1, 0.15) is 11.6 Å². The molecule has 2 saturated carbocycles. The summed E-state index contributed by atoms with van der Waals surface area (Å²) in [6.07, 6.45) is 6.15. The smallest absolute Gasteiger partial charge is 0.225 e. The molecule has 3 aromatic heterocycles. The minimum absolute atomic E-state index is 0. The lowest BCUT2D eigenvalue weighted by atomic mass is 9.94. The molecule has 0 aliphatic heterocycles. The summed E-state index contributed by atoms with van der Waals surface area (Å²) in [5.74, 6) is 5.11. The van der Waals surface area contributed by atoms with Crippen molar-refractivity contribution in [3.8, 4) is 17.2 Å². The summed E-state index contributed by atoms with van der Waals surface area (Å²) in [6, 6.07) is 4.79. The van der Waals surface area contributed by atoms with E-state index in [0.717, 1.165) is 57.8 Å². The average Bonchev–Trinajstić information content (AvgIpc) is 3.40. The lowest BCUT2D eigenvalue weighted by molar-refractivity contribution is 0.326. The number of hydrogen-bond donors (Lipinski definition) is 2. The largest absolute Gasteiger partial charge is 0.478 e. The molecule has 0 amide bonds. The van der Waals surface area contributed by atoms with E-state index in [0.29, 0.717) is 36.4 Å². The van der Waals surface area contributed by atoms with Gasteiger partial charge in [-0.1, -0.05) is 13.8 Å². The van der Waals surface area contributed by atoms with Gasteiger partial charge >= 0.3 is 0 Å². The number of pyridine rings is 1. The van der Waals surface area contributed by atoms with Gasteiger partial charge in [0.2, 0.25) is 11.8 Å². The van der Waals surface area contributed by atoms with Crippen LogP contribution in [-0.4, -0.2) is 33.6 Å². The average molecular weight is 514 g/mol. The Morgan fingerprint density at radius 1 is 1.00 bits per heavy atom. The van der Waals surface area contributed by atoms with Gasteiger partial charge in [0.25, 0.3) is 0 Å². The fraction of sp³-hybridized carbons (Fsp3) is 0.607. The molecule has 3 atom stereocenters. The minimum Gasteiger partial charge on any atom is -0.478 e. The van der Waals surface area contributed by atoms with E-state index < -0.39 is 0 Å². The van der Waals surface area contributed by atoms with Crippen molar-refractivity contribution in [1.29, 1.82) is 0 Å². The van der Waals surface area contributed by atoms with E-state index in [1.807, 2.05) is 26.8 Å². The zero-order chi connectivity index (χ0) is 24.7. The molecule has 3 unspecified atom stereocenters. The van der Waals surface area contributed by atoms with Crippen molar-refractivity contribution in [2.24, 2.45) is 17.8 Å². The Morgan fingerprint density at radius 3 is 2.42 bits per heavy atom. The van der Waals surface area contributed by atoms with Crippen molar-refractivity contribution in [3.05, 3.63) is 23.5 Å². The molecule has 2 aliphatic carbocycles. The van der Waals surface area contributed by atoms with Crippen LogP contribution in [0.1, 0.15) is 71.2 Å². The maximum absolute atomic E-state index is 6.37. The van der Waals surface area contributed by atoms with Crippen LogP contribution in [0, 0.1) is 31.6 Å². The first-order chi connectivity index (χ1) is 16.8. The molecule has 0 spiro atoms. The molecule has 2 aliphatic rings. The van der Waals surface area contributed by atoms with Crippen LogP contribution >= 0.6 is 12.4 Å². The molecule has 7 nitrogen and oxygen atoms in total. The van der Waals surface area contributed by atoms with E-state index in [9.17, 15) is 0 Å². The first-order valence-corrected chi connectivity index (χ1v) is 13.3. The third-order valence-electron chi connectivity index (χ3n) is 7.72. The summed E-state index contributed by atoms with van der Waals surface area (Å²) in [5, 5.41) is 8.32. The highest BCUT2D eigenvalue weighted by molar-refractivity contribution is 5.88. The SMILES string of the molecule is CCOc1cc2cc(-c3c(C)nc(NC(C)C4CC4)nc3NC3CCC(C(C)C)C3)oc2c(C)n1.Cl. The van der Waals surface area contributed by atoms with Gasteiger partial charge < -0.3 is 19.8 Å². The zero-order valence-corrected chi connectivity index (χ0v) is 23.2. The van der Waals surface area contributed by atoms with Crippen molar-refractivity contribution in [2.75, 3.05) is 17.2 Å². The summed E-state index contributed by atoms with van der Waals surface area (Å²) in [4.78, 5) is 14.4. The van der Waals surface area contributed by atoms with Crippen molar-refractivity contribution < 1.29 is 9.15 Å². The lowest BCUT2D eigenvalue weighted by Gasteiger charge is -2.20. The number of rotatable bonds is 9. The van der Waals surface area contributed by atoms with Crippen LogP contribution in [0.25, 0.3) is 22.3 Å². The summed E-state index contributed by atoms with van der Waals surface area (Å²) in [6.45, 7) is 13.4. The van der Waals surface area contributed by atoms with Crippen molar-refractivity contribution >= 4 is 35.1 Å². The standard InChI is InChI=1S/C28H39N5O2.ClH/c1-7-34-24-14-21-13-23(35-26(21)18(6)29-24)25-17(5)31-28(30-16(4)19-8-9-19)33-27(25)32-22-11-10-20(12-22)15(2)3;/h13-16,19-20,22H,7-12H2,1-6H3,(H2,30,31,32,33);1H. The van der Waals surface area contributed by atoms with E-state index in [-0.39, 0.29) is 12.4 Å². The Morgan fingerprint density at radius 2 is 1.75 bits per heavy atom. The number of nitrogens with one attached hydrogen (secondary N) is 2. The normalized spacial score (nSPS) is 20.4. The third kappa shape index (κ3) is 5.56. The number of furan rings is 1. The van der Waals surface area contributed by atoms with E-state index >= 15 is 0 Å². The quantitative estimate of drug-likeness (QED) is 0.313. The number of anilines is 2. The predicted molar refractivity (Wildman–Crippen MR) is 148 cm³/mol. The van der Waals surface area contributed by atoms with Gasteiger partial charge in [0, 0.05) is 23.5 Å². The molecule has 0 aromatic carbocycles. The summed E-state index contributed by atoms with van der Waals surface area (Å²) in [7, 11) is 0. The van der Waals surface area contributed by atoms with Crippen LogP contribution < -0.4 is 15.4 Å². The highest BCUT2D eigenvalue weighted by atomic mass is 35.5. The highest BCUT2D eigenvalue weighted by Gasteiger charge is 2.31. The highest BCUT2D eigenvalue weighted by Crippen LogP contribution is 2.39. The van der Waals surface area contributed by atoms with Crippen LogP contribution in [-0.2, 0) is 0 Å². The van der Waals surface area contributed by atoms with Crippen molar-refractivity contribution in [3.63, 3.8) is 0 Å². The van der Waals surface area contributed by atoms with E-state index in [4.69, 9.17) is 19.1 Å². The van der Waals surface area contributed by atoms with Crippen LogP contribution in [0.4, 0.5) is 11.8 Å². The van der Waals surface area contributed by atoms with Gasteiger partial charge in [0.05, 0.1) is 23.6 Å². The topological polar surface area (TPSA) is 85.1 Å². The van der Waals surface area contributed by atoms with Gasteiger partial charge in [-0.15, -0.1) is 12.4 Å². The van der Waals surface area contributed by atoms with Crippen LogP contribution in [0.5, 0.6) is 5.88 Å². The van der Waals surface area contributed by atoms with Crippen LogP contribution in [0.15, 0.2) is 16.5 Å². The minimum atomic E-state index is 0. The molecule has 8 heteroatoms. The first kappa shape index (κ1) is 26.5. The van der Waals surface area contributed by atoms with Crippen molar-refractivity contribution in [2.45, 2.75) is 85.7 Å². The number of hydrogen-bond acceptors (Lipinski definition) is 7. The Hall–Kier alpha value is -2.54. The Balaban J connectivity index is 0.00000304. The number of aromatic nitrogens is 3. The molecule has 3 aromatic rings. The fourth-order valence-corrected chi connectivity index (χ4v) is 5.42. The van der Waals surface area contributed by atoms with E-state index in [1.54, 1.807) is 0 Å². The summed E-state index contributed by atoms with van der Waals surface area (Å²) >= 11 is 0. The second kappa shape index (κ2) is 10.8. The Bertz CT molecular complexity index is 1210. The zero-order valence-electron chi connectivity index (χ0n) is 22.4. The molecular weight excluding hydrogens is 474 g/mol. The number of halogens is 1. The van der Waals surface area contributed by atoms with Gasteiger partial charge in [-0.25, -0.2) is 9.97 Å². The molecule has 0 bridgehead atoms. The van der Waals surface area contributed by atoms with Gasteiger partial charge in [-0.2, -0.15) is 4.98 Å².